The lowest BCUT2D eigenvalue weighted by atomic mass is 9.92. The Morgan fingerprint density at radius 3 is 2.50 bits per heavy atom. The van der Waals surface area contributed by atoms with Gasteiger partial charge >= 0.3 is 0 Å². The summed E-state index contributed by atoms with van der Waals surface area (Å²) in [7, 11) is 1.92. The van der Waals surface area contributed by atoms with E-state index in [1.807, 2.05) is 62.8 Å². The smallest absolute Gasteiger partial charge is 0.223 e. The fourth-order valence-electron chi connectivity index (χ4n) is 3.01. The zero-order chi connectivity index (χ0) is 17.9. The first kappa shape index (κ1) is 18.2. The molecule has 1 heterocycles. The van der Waals surface area contributed by atoms with Crippen LogP contribution in [-0.4, -0.2) is 26.8 Å². The Labute approximate surface area is 143 Å². The van der Waals surface area contributed by atoms with Gasteiger partial charge in [-0.1, -0.05) is 30.3 Å². The predicted molar refractivity (Wildman–Crippen MR) is 94.6 cm³/mol. The van der Waals surface area contributed by atoms with E-state index in [9.17, 15) is 9.90 Å². The van der Waals surface area contributed by atoms with Crippen molar-refractivity contribution < 1.29 is 9.90 Å². The van der Waals surface area contributed by atoms with E-state index in [2.05, 4.69) is 10.4 Å². The molecule has 1 aromatic carbocycles. The Hall–Kier alpha value is -2.14. The molecule has 2 rings (SSSR count). The van der Waals surface area contributed by atoms with Crippen LogP contribution in [-0.2, 0) is 23.9 Å². The average molecular weight is 329 g/mol. The summed E-state index contributed by atoms with van der Waals surface area (Å²) in [4.78, 5) is 12.3. The highest BCUT2D eigenvalue weighted by Gasteiger charge is 2.27. The Bertz CT molecular complexity index is 705. The molecule has 5 heteroatoms. The number of aromatic nitrogens is 2. The minimum atomic E-state index is -1.18. The molecule has 0 aliphatic rings. The monoisotopic (exact) mass is 329 g/mol. The summed E-state index contributed by atoms with van der Waals surface area (Å²) in [5.74, 6) is -0.157. The van der Waals surface area contributed by atoms with Gasteiger partial charge in [-0.05, 0) is 45.2 Å². The van der Waals surface area contributed by atoms with Gasteiger partial charge in [-0.2, -0.15) is 5.10 Å². The number of hydrogen-bond donors (Lipinski definition) is 2. The van der Waals surface area contributed by atoms with Gasteiger partial charge in [-0.3, -0.25) is 9.48 Å². The molecule has 0 saturated carbocycles. The van der Waals surface area contributed by atoms with Gasteiger partial charge < -0.3 is 10.4 Å². The van der Waals surface area contributed by atoms with Crippen molar-refractivity contribution in [1.29, 1.82) is 0 Å². The van der Waals surface area contributed by atoms with Gasteiger partial charge in [0.2, 0.25) is 5.91 Å². The average Bonchev–Trinajstić information content (AvgIpc) is 2.74. The molecule has 5 nitrogen and oxygen atoms in total. The third-order valence-corrected chi connectivity index (χ3v) is 4.48. The summed E-state index contributed by atoms with van der Waals surface area (Å²) in [6.45, 7) is 7.66. The van der Waals surface area contributed by atoms with Gasteiger partial charge in [-0.25, -0.2) is 0 Å². The van der Waals surface area contributed by atoms with E-state index < -0.39 is 5.60 Å². The van der Waals surface area contributed by atoms with Crippen molar-refractivity contribution in [2.75, 3.05) is 0 Å². The number of carbonyl (C=O) groups is 1. The van der Waals surface area contributed by atoms with Crippen LogP contribution < -0.4 is 5.32 Å². The Kier molecular flexibility index (Phi) is 5.44. The molecule has 1 aromatic heterocycles. The SMILES string of the molecule is Cc1nn(C)c(C)c1CC(C)NC(=O)CC(C)(O)c1ccccc1. The summed E-state index contributed by atoms with van der Waals surface area (Å²) < 4.78 is 1.86. The first-order valence-electron chi connectivity index (χ1n) is 8.27. The predicted octanol–water partition coefficient (Wildman–Crippen LogP) is 2.38. The van der Waals surface area contributed by atoms with Gasteiger partial charge in [-0.15, -0.1) is 0 Å². The van der Waals surface area contributed by atoms with Crippen LogP contribution in [0.25, 0.3) is 0 Å². The van der Waals surface area contributed by atoms with Crippen molar-refractivity contribution in [3.8, 4) is 0 Å². The fraction of sp³-hybridized carbons (Fsp3) is 0.474. The van der Waals surface area contributed by atoms with Crippen molar-refractivity contribution in [1.82, 2.24) is 15.1 Å². The third kappa shape index (κ3) is 4.23. The second kappa shape index (κ2) is 7.18. The van der Waals surface area contributed by atoms with Crippen molar-refractivity contribution in [2.24, 2.45) is 7.05 Å². The lowest BCUT2D eigenvalue weighted by Crippen LogP contribution is -2.38. The molecule has 0 radical (unpaired) electrons. The molecule has 2 aromatic rings. The topological polar surface area (TPSA) is 67.2 Å². The van der Waals surface area contributed by atoms with E-state index in [4.69, 9.17) is 0 Å². The largest absolute Gasteiger partial charge is 0.385 e. The molecule has 24 heavy (non-hydrogen) atoms. The number of benzene rings is 1. The van der Waals surface area contributed by atoms with Crippen LogP contribution in [0.5, 0.6) is 0 Å². The van der Waals surface area contributed by atoms with E-state index >= 15 is 0 Å². The normalized spacial score (nSPS) is 14.9. The number of amides is 1. The van der Waals surface area contributed by atoms with Crippen molar-refractivity contribution >= 4 is 5.91 Å². The Balaban J connectivity index is 1.97. The maximum atomic E-state index is 12.3. The Morgan fingerprint density at radius 1 is 1.33 bits per heavy atom. The summed E-state index contributed by atoms with van der Waals surface area (Å²) >= 11 is 0. The quantitative estimate of drug-likeness (QED) is 0.855. The van der Waals surface area contributed by atoms with Crippen LogP contribution >= 0.6 is 0 Å². The van der Waals surface area contributed by atoms with Crippen LogP contribution in [0, 0.1) is 13.8 Å². The van der Waals surface area contributed by atoms with Gasteiger partial charge in [0.25, 0.3) is 0 Å². The summed E-state index contributed by atoms with van der Waals surface area (Å²) in [6, 6.07) is 9.25. The molecule has 2 unspecified atom stereocenters. The molecule has 130 valence electrons. The molecule has 0 bridgehead atoms. The lowest BCUT2D eigenvalue weighted by Gasteiger charge is -2.24. The van der Waals surface area contributed by atoms with Crippen LogP contribution in [0.2, 0.25) is 0 Å². The highest BCUT2D eigenvalue weighted by molar-refractivity contribution is 5.77. The number of carbonyl (C=O) groups excluding carboxylic acids is 1. The van der Waals surface area contributed by atoms with E-state index in [0.717, 1.165) is 23.4 Å². The molecule has 0 aliphatic heterocycles. The highest BCUT2D eigenvalue weighted by Crippen LogP contribution is 2.24. The first-order valence-corrected chi connectivity index (χ1v) is 8.27. The number of rotatable bonds is 6. The van der Waals surface area contributed by atoms with E-state index in [-0.39, 0.29) is 18.4 Å². The molecular weight excluding hydrogens is 302 g/mol. The first-order chi connectivity index (χ1) is 11.2. The van der Waals surface area contributed by atoms with Gasteiger partial charge in [0.1, 0.15) is 0 Å². The summed E-state index contributed by atoms with van der Waals surface area (Å²) in [5, 5.41) is 18.0. The zero-order valence-electron chi connectivity index (χ0n) is 15.1. The van der Waals surface area contributed by atoms with Crippen molar-refractivity contribution in [3.63, 3.8) is 0 Å². The molecular formula is C19H27N3O2. The van der Waals surface area contributed by atoms with Gasteiger partial charge in [0, 0.05) is 18.8 Å². The van der Waals surface area contributed by atoms with Gasteiger partial charge in [0.15, 0.2) is 0 Å². The second-order valence-corrected chi connectivity index (χ2v) is 6.76. The second-order valence-electron chi connectivity index (χ2n) is 6.76. The summed E-state index contributed by atoms with van der Waals surface area (Å²) in [6.07, 6.45) is 0.761. The molecule has 0 saturated heterocycles. The van der Waals surface area contributed by atoms with Crippen molar-refractivity contribution in [3.05, 3.63) is 52.8 Å². The zero-order valence-corrected chi connectivity index (χ0v) is 15.1. The van der Waals surface area contributed by atoms with Crippen molar-refractivity contribution in [2.45, 2.75) is 52.2 Å². The number of aliphatic hydroxyl groups is 1. The molecule has 0 spiro atoms. The molecule has 0 fully saturated rings. The van der Waals surface area contributed by atoms with E-state index in [1.54, 1.807) is 6.92 Å². The van der Waals surface area contributed by atoms with Crippen LogP contribution in [0.1, 0.15) is 42.8 Å². The van der Waals surface area contributed by atoms with Gasteiger partial charge in [0.05, 0.1) is 17.7 Å². The number of nitrogens with zero attached hydrogens (tertiary/aromatic N) is 2. The molecule has 2 N–H and O–H groups in total. The standard InChI is InChI=1S/C19H27N3O2/c1-13(11-17-14(2)21-22(5)15(17)3)20-18(23)12-19(4,24)16-9-7-6-8-10-16/h6-10,13,24H,11-12H2,1-5H3,(H,20,23). The maximum absolute atomic E-state index is 12.3. The van der Waals surface area contributed by atoms with Crippen LogP contribution in [0.4, 0.5) is 0 Å². The number of nitrogens with one attached hydrogen (secondary N) is 1. The minimum absolute atomic E-state index is 0.0225. The molecule has 2 atom stereocenters. The van der Waals surface area contributed by atoms with E-state index in [0.29, 0.717) is 0 Å². The van der Waals surface area contributed by atoms with Crippen LogP contribution in [0.3, 0.4) is 0 Å². The highest BCUT2D eigenvalue weighted by atomic mass is 16.3. The summed E-state index contributed by atoms with van der Waals surface area (Å²) in [5.41, 5.74) is 2.84. The Morgan fingerprint density at radius 2 is 1.96 bits per heavy atom. The fourth-order valence-corrected chi connectivity index (χ4v) is 3.01. The number of hydrogen-bond acceptors (Lipinski definition) is 3. The van der Waals surface area contributed by atoms with Crippen LogP contribution in [0.15, 0.2) is 30.3 Å². The maximum Gasteiger partial charge on any atom is 0.223 e. The third-order valence-electron chi connectivity index (χ3n) is 4.48. The lowest BCUT2D eigenvalue weighted by molar-refractivity contribution is -0.126. The molecule has 0 aliphatic carbocycles. The number of aryl methyl sites for hydroxylation is 2. The molecule has 1 amide bonds. The van der Waals surface area contributed by atoms with E-state index in [1.165, 1.54) is 5.56 Å². The minimum Gasteiger partial charge on any atom is -0.385 e.